The van der Waals surface area contributed by atoms with Crippen molar-refractivity contribution < 1.29 is 18.7 Å². The van der Waals surface area contributed by atoms with E-state index in [-0.39, 0.29) is 5.56 Å². The van der Waals surface area contributed by atoms with Crippen LogP contribution in [0.2, 0.25) is 0 Å². The van der Waals surface area contributed by atoms with E-state index in [2.05, 4.69) is 0 Å². The van der Waals surface area contributed by atoms with Gasteiger partial charge in [0.25, 0.3) is 0 Å². The Kier molecular flexibility index (Phi) is 3.91. The van der Waals surface area contributed by atoms with Crippen LogP contribution in [0.15, 0.2) is 18.2 Å². The zero-order chi connectivity index (χ0) is 13.1. The van der Waals surface area contributed by atoms with Gasteiger partial charge in [-0.3, -0.25) is 9.69 Å². The lowest BCUT2D eigenvalue weighted by molar-refractivity contribution is -0.144. The second kappa shape index (κ2) is 5.44. The van der Waals surface area contributed by atoms with Gasteiger partial charge in [0.05, 0.1) is 0 Å². The fourth-order valence-corrected chi connectivity index (χ4v) is 2.39. The Balaban J connectivity index is 2.34. The van der Waals surface area contributed by atoms with Gasteiger partial charge in [-0.2, -0.15) is 0 Å². The minimum atomic E-state index is -1.14. The molecule has 0 saturated carbocycles. The number of hydrogen-bond donors (Lipinski definition) is 1. The van der Waals surface area contributed by atoms with Crippen molar-refractivity contribution in [2.45, 2.75) is 25.3 Å². The summed E-state index contributed by atoms with van der Waals surface area (Å²) in [6.07, 6.45) is 2.83. The molecular formula is C13H15F2NO2. The van der Waals surface area contributed by atoms with Crippen molar-refractivity contribution >= 4 is 5.97 Å². The zero-order valence-electron chi connectivity index (χ0n) is 9.90. The Morgan fingerprint density at radius 1 is 1.22 bits per heavy atom. The largest absolute Gasteiger partial charge is 0.480 e. The van der Waals surface area contributed by atoms with Gasteiger partial charge in [0.2, 0.25) is 0 Å². The normalized spacial score (nSPS) is 18.6. The van der Waals surface area contributed by atoms with Crippen molar-refractivity contribution in [3.8, 4) is 0 Å². The summed E-state index contributed by atoms with van der Waals surface area (Å²) in [4.78, 5) is 13.0. The summed E-state index contributed by atoms with van der Waals surface area (Å²) in [7, 11) is 0. The number of carboxylic acid groups (broad SMARTS) is 1. The van der Waals surface area contributed by atoms with Crippen molar-refractivity contribution in [1.29, 1.82) is 0 Å². The molecule has 1 aromatic rings. The maximum atomic E-state index is 13.7. The third kappa shape index (κ3) is 2.51. The molecule has 0 spiro atoms. The van der Waals surface area contributed by atoms with Crippen LogP contribution in [0.25, 0.3) is 0 Å². The van der Waals surface area contributed by atoms with E-state index in [0.29, 0.717) is 13.1 Å². The van der Waals surface area contributed by atoms with Crippen LogP contribution in [-0.2, 0) is 4.79 Å². The highest BCUT2D eigenvalue weighted by atomic mass is 19.2. The van der Waals surface area contributed by atoms with Gasteiger partial charge in [0, 0.05) is 5.56 Å². The lowest BCUT2D eigenvalue weighted by Crippen LogP contribution is -2.38. The van der Waals surface area contributed by atoms with Gasteiger partial charge >= 0.3 is 5.97 Å². The monoisotopic (exact) mass is 255 g/mol. The van der Waals surface area contributed by atoms with Crippen LogP contribution in [0, 0.1) is 11.6 Å². The Morgan fingerprint density at radius 2 is 1.89 bits per heavy atom. The van der Waals surface area contributed by atoms with Crippen molar-refractivity contribution in [3.63, 3.8) is 0 Å². The van der Waals surface area contributed by atoms with Gasteiger partial charge in [-0.15, -0.1) is 0 Å². The molecule has 0 unspecified atom stereocenters. The minimum absolute atomic E-state index is 0.0931. The molecule has 1 heterocycles. The molecule has 1 aliphatic heterocycles. The van der Waals surface area contributed by atoms with E-state index >= 15 is 0 Å². The van der Waals surface area contributed by atoms with Crippen LogP contribution >= 0.6 is 0 Å². The summed E-state index contributed by atoms with van der Waals surface area (Å²) < 4.78 is 26.9. The van der Waals surface area contributed by atoms with E-state index in [1.807, 2.05) is 0 Å². The number of rotatable bonds is 3. The molecule has 1 saturated heterocycles. The van der Waals surface area contributed by atoms with Crippen LogP contribution in [0.5, 0.6) is 0 Å². The lowest BCUT2D eigenvalue weighted by Gasteiger charge is -2.32. The first-order valence-electron chi connectivity index (χ1n) is 6.02. The van der Waals surface area contributed by atoms with Gasteiger partial charge in [-0.05, 0) is 32.0 Å². The minimum Gasteiger partial charge on any atom is -0.480 e. The van der Waals surface area contributed by atoms with Crippen LogP contribution in [0.1, 0.15) is 30.9 Å². The number of halogens is 2. The van der Waals surface area contributed by atoms with Crippen LogP contribution in [0.4, 0.5) is 8.78 Å². The Hall–Kier alpha value is -1.49. The van der Waals surface area contributed by atoms with Crippen molar-refractivity contribution in [2.24, 2.45) is 0 Å². The summed E-state index contributed by atoms with van der Waals surface area (Å²) >= 11 is 0. The molecule has 5 heteroatoms. The third-order valence-electron chi connectivity index (χ3n) is 3.27. The fraction of sp³-hybridized carbons (Fsp3) is 0.462. The van der Waals surface area contributed by atoms with Gasteiger partial charge < -0.3 is 5.11 Å². The molecule has 3 nitrogen and oxygen atoms in total. The molecule has 2 rings (SSSR count). The second-order valence-corrected chi connectivity index (χ2v) is 4.48. The Labute approximate surface area is 104 Å². The highest BCUT2D eigenvalue weighted by molar-refractivity contribution is 5.75. The molecule has 0 aromatic heterocycles. The lowest BCUT2D eigenvalue weighted by atomic mass is 10.0. The fourth-order valence-electron chi connectivity index (χ4n) is 2.39. The predicted octanol–water partition coefficient (Wildman–Crippen LogP) is 2.58. The quantitative estimate of drug-likeness (QED) is 0.902. The average Bonchev–Trinajstić information content (AvgIpc) is 2.36. The molecule has 0 aliphatic carbocycles. The molecular weight excluding hydrogens is 240 g/mol. The van der Waals surface area contributed by atoms with Crippen LogP contribution in [-0.4, -0.2) is 29.1 Å². The standard InChI is InChI=1S/C13H15F2NO2/c14-10-6-4-5-9(11(10)15)12(13(17)18)16-7-2-1-3-8-16/h4-6,12H,1-3,7-8H2,(H,17,18)/t12-/m1/s1. The van der Waals surface area contributed by atoms with E-state index in [4.69, 9.17) is 0 Å². The van der Waals surface area contributed by atoms with E-state index < -0.39 is 23.6 Å². The number of benzene rings is 1. The SMILES string of the molecule is O=C(O)[C@@H](c1cccc(F)c1F)N1CCCCC1. The summed E-state index contributed by atoms with van der Waals surface area (Å²) in [6.45, 7) is 1.21. The molecule has 0 radical (unpaired) electrons. The number of aliphatic carboxylic acids is 1. The Morgan fingerprint density at radius 3 is 2.50 bits per heavy atom. The van der Waals surface area contributed by atoms with E-state index in [0.717, 1.165) is 25.3 Å². The Bertz CT molecular complexity index is 445. The maximum absolute atomic E-state index is 13.7. The summed E-state index contributed by atoms with van der Waals surface area (Å²) in [6, 6.07) is 2.58. The van der Waals surface area contributed by atoms with E-state index in [9.17, 15) is 18.7 Å². The van der Waals surface area contributed by atoms with E-state index in [1.54, 1.807) is 4.90 Å². The molecule has 0 amide bonds. The molecule has 98 valence electrons. The van der Waals surface area contributed by atoms with Crippen molar-refractivity contribution in [2.75, 3.05) is 13.1 Å². The molecule has 0 bridgehead atoms. The number of carboxylic acids is 1. The van der Waals surface area contributed by atoms with Gasteiger partial charge in [0.1, 0.15) is 6.04 Å². The number of likely N-dealkylation sites (tertiary alicyclic amines) is 1. The third-order valence-corrected chi connectivity index (χ3v) is 3.27. The summed E-state index contributed by atoms with van der Waals surface area (Å²) in [5.41, 5.74) is -0.0931. The summed E-state index contributed by atoms with van der Waals surface area (Å²) in [5, 5.41) is 9.26. The predicted molar refractivity (Wildman–Crippen MR) is 62.2 cm³/mol. The van der Waals surface area contributed by atoms with E-state index in [1.165, 1.54) is 12.1 Å². The molecule has 18 heavy (non-hydrogen) atoms. The molecule has 1 fully saturated rings. The number of hydrogen-bond acceptors (Lipinski definition) is 2. The number of piperidine rings is 1. The smallest absolute Gasteiger partial charge is 0.325 e. The number of nitrogens with zero attached hydrogens (tertiary/aromatic N) is 1. The van der Waals surface area contributed by atoms with Crippen molar-refractivity contribution in [1.82, 2.24) is 4.90 Å². The first-order valence-corrected chi connectivity index (χ1v) is 6.02. The zero-order valence-corrected chi connectivity index (χ0v) is 9.90. The van der Waals surface area contributed by atoms with Gasteiger partial charge in [-0.25, -0.2) is 8.78 Å². The topological polar surface area (TPSA) is 40.5 Å². The van der Waals surface area contributed by atoms with Crippen LogP contribution < -0.4 is 0 Å². The molecule has 1 atom stereocenters. The summed E-state index contributed by atoms with van der Waals surface area (Å²) in [5.74, 6) is -3.20. The van der Waals surface area contributed by atoms with Crippen LogP contribution in [0.3, 0.4) is 0 Å². The molecule has 1 N–H and O–H groups in total. The van der Waals surface area contributed by atoms with Gasteiger partial charge in [0.15, 0.2) is 11.6 Å². The highest BCUT2D eigenvalue weighted by Gasteiger charge is 2.31. The highest BCUT2D eigenvalue weighted by Crippen LogP contribution is 2.27. The average molecular weight is 255 g/mol. The first-order chi connectivity index (χ1) is 8.61. The van der Waals surface area contributed by atoms with Crippen molar-refractivity contribution in [3.05, 3.63) is 35.4 Å². The second-order valence-electron chi connectivity index (χ2n) is 4.48. The molecule has 1 aromatic carbocycles. The first kappa shape index (κ1) is 13.0. The maximum Gasteiger partial charge on any atom is 0.325 e. The molecule has 1 aliphatic rings. The number of carbonyl (C=O) groups is 1. The van der Waals surface area contributed by atoms with Gasteiger partial charge in [-0.1, -0.05) is 18.6 Å².